The molecule has 5 heterocycles. The van der Waals surface area contributed by atoms with Crippen LogP contribution in [0.5, 0.6) is 6.01 Å². The van der Waals surface area contributed by atoms with Crippen LogP contribution in [0.4, 0.5) is 11.5 Å². The summed E-state index contributed by atoms with van der Waals surface area (Å²) in [6, 6.07) is 17.4. The molecule has 2 unspecified atom stereocenters. The zero-order valence-electron chi connectivity index (χ0n) is 25.3. The number of fused-ring (bicyclic) bond motifs is 3. The zero-order chi connectivity index (χ0) is 30.3. The summed E-state index contributed by atoms with van der Waals surface area (Å²) < 4.78 is 11.9. The van der Waals surface area contributed by atoms with Gasteiger partial charge < -0.3 is 24.2 Å². The number of amides is 1. The highest BCUT2D eigenvalue weighted by Gasteiger charge is 2.57. The minimum atomic E-state index is -0.234. The molecule has 1 aromatic heterocycles. The van der Waals surface area contributed by atoms with E-state index in [9.17, 15) is 10.1 Å². The number of benzene rings is 2. The van der Waals surface area contributed by atoms with E-state index in [4.69, 9.17) is 19.4 Å². The van der Waals surface area contributed by atoms with Crippen LogP contribution >= 0.6 is 0 Å². The first-order valence-corrected chi connectivity index (χ1v) is 15.7. The Morgan fingerprint density at radius 1 is 1.16 bits per heavy atom. The van der Waals surface area contributed by atoms with Gasteiger partial charge in [-0.05, 0) is 37.3 Å². The highest BCUT2D eigenvalue weighted by molar-refractivity contribution is 5.94. The van der Waals surface area contributed by atoms with Crippen molar-refractivity contribution < 1.29 is 14.3 Å². The molecular weight excluding hydrogens is 554 g/mol. The standard InChI is InChI=1S/C34H39N7O3/c1-3-31(42)41-18-17-39(20-25(41)12-14-35)32-27-13-16-38(29-11-6-9-24-8-4-5-10-26(24)29)21-28(27)36-33(37-32)43-19-7-15-40-22-30-34(40,2)23-44-30/h3-6,8-11,25,30H,1,7,12-13,15-23H2,2H3/t25?,30?,34-/m1/s1. The Hall–Kier alpha value is -4.20. The van der Waals surface area contributed by atoms with E-state index >= 15 is 0 Å². The van der Waals surface area contributed by atoms with Crippen LogP contribution in [-0.4, -0.2) is 95.8 Å². The molecule has 0 radical (unpaired) electrons. The number of morpholine rings is 1. The maximum atomic E-state index is 12.5. The van der Waals surface area contributed by atoms with E-state index < -0.39 is 0 Å². The molecule has 0 spiro atoms. The summed E-state index contributed by atoms with van der Waals surface area (Å²) >= 11 is 0. The first-order chi connectivity index (χ1) is 21.5. The van der Waals surface area contributed by atoms with Gasteiger partial charge in [0.05, 0.1) is 55.6 Å². The van der Waals surface area contributed by atoms with Gasteiger partial charge in [-0.25, -0.2) is 0 Å². The summed E-state index contributed by atoms with van der Waals surface area (Å²) in [5.41, 5.74) is 3.48. The fourth-order valence-electron chi connectivity index (χ4n) is 7.19. The highest BCUT2D eigenvalue weighted by Crippen LogP contribution is 2.41. The molecule has 4 aliphatic heterocycles. The molecule has 3 atom stereocenters. The Kier molecular flexibility index (Phi) is 7.60. The number of hydrogen-bond acceptors (Lipinski definition) is 9. The number of carbonyl (C=O) groups excluding carboxylic acids is 1. The third-order valence-electron chi connectivity index (χ3n) is 9.88. The number of anilines is 2. The van der Waals surface area contributed by atoms with Crippen molar-refractivity contribution >= 4 is 28.2 Å². The van der Waals surface area contributed by atoms with Crippen molar-refractivity contribution in [2.24, 2.45) is 0 Å². The van der Waals surface area contributed by atoms with Gasteiger partial charge in [0, 0.05) is 55.9 Å². The lowest BCUT2D eigenvalue weighted by atomic mass is 9.79. The second kappa shape index (κ2) is 11.7. The minimum absolute atomic E-state index is 0.139. The average Bonchev–Trinajstić information content (AvgIpc) is 3.06. The molecule has 228 valence electrons. The van der Waals surface area contributed by atoms with Crippen LogP contribution in [0.1, 0.15) is 31.0 Å². The molecule has 4 aliphatic rings. The number of piperazine rings is 1. The number of nitriles is 1. The van der Waals surface area contributed by atoms with Crippen LogP contribution in [0.3, 0.4) is 0 Å². The molecule has 0 N–H and O–H groups in total. The summed E-state index contributed by atoms with van der Waals surface area (Å²) in [5, 5.41) is 12.0. The van der Waals surface area contributed by atoms with E-state index in [1.165, 1.54) is 22.5 Å². The quantitative estimate of drug-likeness (QED) is 0.273. The van der Waals surface area contributed by atoms with Gasteiger partial charge in [0.15, 0.2) is 0 Å². The third-order valence-corrected chi connectivity index (χ3v) is 9.88. The topological polar surface area (TPSA) is 98.1 Å². The number of rotatable bonds is 9. The van der Waals surface area contributed by atoms with Crippen LogP contribution in [0, 0.1) is 11.3 Å². The second-order valence-electron chi connectivity index (χ2n) is 12.4. The number of likely N-dealkylation sites (tertiary alicyclic amines) is 1. The van der Waals surface area contributed by atoms with Gasteiger partial charge in [0.1, 0.15) is 5.82 Å². The number of hydrogen-bond donors (Lipinski definition) is 0. The van der Waals surface area contributed by atoms with Gasteiger partial charge in [-0.1, -0.05) is 43.0 Å². The largest absolute Gasteiger partial charge is 0.463 e. The molecule has 3 fully saturated rings. The van der Waals surface area contributed by atoms with Crippen LogP contribution in [0.25, 0.3) is 10.8 Å². The Labute approximate surface area is 258 Å². The molecule has 3 saturated heterocycles. The van der Waals surface area contributed by atoms with Crippen molar-refractivity contribution in [3.8, 4) is 12.1 Å². The van der Waals surface area contributed by atoms with Gasteiger partial charge >= 0.3 is 6.01 Å². The third kappa shape index (κ3) is 5.04. The van der Waals surface area contributed by atoms with Gasteiger partial charge in [0.2, 0.25) is 5.91 Å². The van der Waals surface area contributed by atoms with Crippen molar-refractivity contribution in [1.82, 2.24) is 19.8 Å². The highest BCUT2D eigenvalue weighted by atomic mass is 16.5. The molecule has 10 nitrogen and oxygen atoms in total. The Morgan fingerprint density at radius 2 is 2.02 bits per heavy atom. The van der Waals surface area contributed by atoms with Crippen LogP contribution in [0.15, 0.2) is 55.1 Å². The molecule has 7 rings (SSSR count). The van der Waals surface area contributed by atoms with Gasteiger partial charge in [-0.15, -0.1) is 0 Å². The summed E-state index contributed by atoms with van der Waals surface area (Å²) in [4.78, 5) is 31.3. The van der Waals surface area contributed by atoms with E-state index in [-0.39, 0.29) is 23.9 Å². The fourth-order valence-corrected chi connectivity index (χ4v) is 7.19. The zero-order valence-corrected chi connectivity index (χ0v) is 25.3. The molecule has 1 amide bonds. The van der Waals surface area contributed by atoms with Crippen molar-refractivity contribution in [1.29, 1.82) is 5.26 Å². The predicted molar refractivity (Wildman–Crippen MR) is 169 cm³/mol. The van der Waals surface area contributed by atoms with E-state index in [0.29, 0.717) is 44.9 Å². The molecular formula is C34H39N7O3. The van der Waals surface area contributed by atoms with E-state index in [0.717, 1.165) is 56.2 Å². The number of carbonyl (C=O) groups is 1. The first-order valence-electron chi connectivity index (χ1n) is 15.7. The second-order valence-corrected chi connectivity index (χ2v) is 12.4. The van der Waals surface area contributed by atoms with Crippen LogP contribution < -0.4 is 14.5 Å². The lowest BCUT2D eigenvalue weighted by molar-refractivity contribution is -0.273. The normalized spacial score (nSPS) is 24.5. The van der Waals surface area contributed by atoms with E-state index in [1.807, 2.05) is 0 Å². The number of aromatic nitrogens is 2. The van der Waals surface area contributed by atoms with Gasteiger partial charge in [0.25, 0.3) is 0 Å². The van der Waals surface area contributed by atoms with Crippen LogP contribution in [0.2, 0.25) is 0 Å². The summed E-state index contributed by atoms with van der Waals surface area (Å²) in [7, 11) is 0. The fraction of sp³-hybridized carbons (Fsp3) is 0.471. The van der Waals surface area contributed by atoms with Gasteiger partial charge in [-0.3, -0.25) is 9.69 Å². The Bertz CT molecular complexity index is 1620. The number of ether oxygens (including phenoxy) is 2. The monoisotopic (exact) mass is 593 g/mol. The summed E-state index contributed by atoms with van der Waals surface area (Å²) in [6.45, 7) is 12.4. The van der Waals surface area contributed by atoms with Crippen molar-refractivity contribution in [3.63, 3.8) is 0 Å². The van der Waals surface area contributed by atoms with Crippen molar-refractivity contribution in [3.05, 3.63) is 66.4 Å². The molecule has 2 aromatic carbocycles. The maximum absolute atomic E-state index is 12.5. The predicted octanol–water partition coefficient (Wildman–Crippen LogP) is 3.55. The van der Waals surface area contributed by atoms with E-state index in [1.54, 1.807) is 4.90 Å². The minimum Gasteiger partial charge on any atom is -0.463 e. The first kappa shape index (κ1) is 28.6. The molecule has 44 heavy (non-hydrogen) atoms. The van der Waals surface area contributed by atoms with Crippen LogP contribution in [-0.2, 0) is 22.5 Å². The van der Waals surface area contributed by atoms with Crippen molar-refractivity contribution in [2.75, 3.05) is 62.3 Å². The summed E-state index contributed by atoms with van der Waals surface area (Å²) in [5.74, 6) is 0.723. The number of nitrogens with zero attached hydrogens (tertiary/aromatic N) is 7. The lowest BCUT2D eigenvalue weighted by Crippen LogP contribution is -2.79. The smallest absolute Gasteiger partial charge is 0.318 e. The van der Waals surface area contributed by atoms with E-state index in [2.05, 4.69) is 76.7 Å². The summed E-state index contributed by atoms with van der Waals surface area (Å²) in [6.07, 6.45) is 3.64. The molecule has 0 bridgehead atoms. The Morgan fingerprint density at radius 3 is 2.80 bits per heavy atom. The van der Waals surface area contributed by atoms with Crippen molar-refractivity contribution in [2.45, 2.75) is 50.4 Å². The molecule has 3 aromatic rings. The maximum Gasteiger partial charge on any atom is 0.318 e. The van der Waals surface area contributed by atoms with Gasteiger partial charge in [-0.2, -0.15) is 15.2 Å². The Balaban J connectivity index is 1.14. The SMILES string of the molecule is C=CC(=O)N1CCN(c2nc(OCCCN3CC4OC[C@]43C)nc3c2CCN(c2cccc4ccccc24)C3)CC1CC#N. The average molecular weight is 594 g/mol. The molecule has 0 aliphatic carbocycles. The lowest BCUT2D eigenvalue weighted by Gasteiger charge is -2.63. The molecule has 10 heteroatoms. The molecule has 0 saturated carbocycles.